The topological polar surface area (TPSA) is 78.7 Å². The molecular weight excluding hydrogens is 289 g/mol. The van der Waals surface area contributed by atoms with Gasteiger partial charge in [0.15, 0.2) is 0 Å². The first-order valence-corrected chi connectivity index (χ1v) is 7.61. The Morgan fingerprint density at radius 2 is 2.00 bits per heavy atom. The van der Waals surface area contributed by atoms with Crippen LogP contribution in [0.5, 0.6) is 0 Å². The molecule has 17 heavy (non-hydrogen) atoms. The zero-order valence-corrected chi connectivity index (χ0v) is 11.4. The molecule has 94 valence electrons. The normalized spacial score (nSPS) is 11.5. The van der Waals surface area contributed by atoms with Gasteiger partial charge >= 0.3 is 6.80 Å². The molecule has 0 amide bonds. The van der Waals surface area contributed by atoms with Crippen LogP contribution in [0.25, 0.3) is 0 Å². The van der Waals surface area contributed by atoms with Gasteiger partial charge in [-0.05, 0) is 17.4 Å². The third-order valence-electron chi connectivity index (χ3n) is 1.80. The van der Waals surface area contributed by atoms with Crippen molar-refractivity contribution in [2.24, 2.45) is 0 Å². The quantitative estimate of drug-likeness (QED) is 0.468. The molecule has 0 aliphatic carbocycles. The van der Waals surface area contributed by atoms with E-state index < -0.39 is 11.7 Å². The van der Waals surface area contributed by atoms with Crippen LogP contribution < -0.4 is 0 Å². The summed E-state index contributed by atoms with van der Waals surface area (Å²) in [6.07, 6.45) is 0. The van der Waals surface area contributed by atoms with E-state index in [9.17, 15) is 14.7 Å². The highest BCUT2D eigenvalue weighted by Gasteiger charge is 2.27. The molecule has 0 N–H and O–H groups in total. The van der Waals surface area contributed by atoms with E-state index in [0.29, 0.717) is 0 Å². The maximum atomic E-state index is 11.8. The lowest BCUT2D eigenvalue weighted by atomic mass is 10.3. The largest absolute Gasteiger partial charge is 0.393 e. The third-order valence-corrected chi connectivity index (χ3v) is 6.12. The van der Waals surface area contributed by atoms with Gasteiger partial charge in [0.2, 0.25) is 0 Å². The summed E-state index contributed by atoms with van der Waals surface area (Å²) in [5, 5.41) is 10.6. The molecule has 0 saturated carbocycles. The fourth-order valence-electron chi connectivity index (χ4n) is 0.980. The average molecular weight is 298 g/mol. The van der Waals surface area contributed by atoms with Crippen molar-refractivity contribution in [1.29, 1.82) is 0 Å². The molecule has 0 radical (unpaired) electrons. The van der Waals surface area contributed by atoms with Gasteiger partial charge < -0.3 is 9.05 Å². The van der Waals surface area contributed by atoms with Gasteiger partial charge in [0, 0.05) is 25.2 Å². The Labute approximate surface area is 107 Å². The second-order valence-electron chi connectivity index (χ2n) is 2.75. The number of nitrogens with zero attached hydrogens (tertiary/aromatic N) is 1. The minimum absolute atomic E-state index is 0.0863. The highest BCUT2D eigenvalue weighted by molar-refractivity contribution is 8.55. The van der Waals surface area contributed by atoms with Gasteiger partial charge in [-0.3, -0.25) is 10.1 Å². The summed E-state index contributed by atoms with van der Waals surface area (Å²) in [7, 11) is 2.45. The van der Waals surface area contributed by atoms with Gasteiger partial charge in [0.25, 0.3) is 5.69 Å². The van der Waals surface area contributed by atoms with Gasteiger partial charge in [-0.2, -0.15) is 0 Å². The van der Waals surface area contributed by atoms with Crippen LogP contribution in [0.4, 0.5) is 5.69 Å². The predicted molar refractivity (Wildman–Crippen MR) is 65.6 cm³/mol. The van der Waals surface area contributed by atoms with Crippen LogP contribution in [-0.4, -0.2) is 19.1 Å². The lowest BCUT2D eigenvalue weighted by Gasteiger charge is -2.12. The molecule has 6 nitrogen and oxygen atoms in total. The van der Waals surface area contributed by atoms with E-state index in [2.05, 4.69) is 0 Å². The molecule has 0 aliphatic rings. The fourth-order valence-corrected chi connectivity index (χ4v) is 3.94. The van der Waals surface area contributed by atoms with Crippen LogP contribution >= 0.6 is 29.8 Å². The first kappa shape index (κ1) is 14.5. The van der Waals surface area contributed by atoms with E-state index in [0.717, 1.165) is 11.4 Å². The molecular formula is C8H9ClNO5PS. The lowest BCUT2D eigenvalue weighted by Crippen LogP contribution is -1.90. The van der Waals surface area contributed by atoms with Crippen LogP contribution in [0.1, 0.15) is 0 Å². The number of hydrogen-bond donors (Lipinski definition) is 0. The van der Waals surface area contributed by atoms with E-state index in [4.69, 9.17) is 20.6 Å². The second-order valence-corrected chi connectivity index (χ2v) is 7.26. The fraction of sp³-hybridized carbons (Fsp3) is 0.250. The molecule has 0 heterocycles. The van der Waals surface area contributed by atoms with Gasteiger partial charge in [-0.15, -0.1) is 0 Å². The molecule has 1 aromatic carbocycles. The van der Waals surface area contributed by atoms with Gasteiger partial charge in [0.05, 0.1) is 4.92 Å². The number of halogens is 1. The van der Waals surface area contributed by atoms with Crippen molar-refractivity contribution in [3.8, 4) is 0 Å². The Morgan fingerprint density at radius 1 is 1.41 bits per heavy atom. The summed E-state index contributed by atoms with van der Waals surface area (Å²) < 4.78 is 21.3. The van der Waals surface area contributed by atoms with Gasteiger partial charge in [-0.1, -0.05) is 17.7 Å². The molecule has 0 atom stereocenters. The summed E-state index contributed by atoms with van der Waals surface area (Å²) >= 11 is 6.55. The molecule has 0 bridgehead atoms. The lowest BCUT2D eigenvalue weighted by molar-refractivity contribution is -0.384. The molecule has 1 aromatic rings. The zero-order valence-electron chi connectivity index (χ0n) is 8.95. The Bertz CT molecular complexity index is 475. The number of nitro benzene ring substituents is 1. The molecule has 0 aromatic heterocycles. The number of rotatable bonds is 5. The average Bonchev–Trinajstić information content (AvgIpc) is 2.31. The van der Waals surface area contributed by atoms with Gasteiger partial charge in [0.1, 0.15) is 5.02 Å². The van der Waals surface area contributed by atoms with Crippen molar-refractivity contribution < 1.29 is 18.5 Å². The molecule has 0 saturated heterocycles. The second kappa shape index (κ2) is 5.84. The predicted octanol–water partition coefficient (Wildman–Crippen LogP) is 3.74. The van der Waals surface area contributed by atoms with E-state index in [1.165, 1.54) is 32.4 Å². The maximum absolute atomic E-state index is 11.8. The minimum atomic E-state index is -3.37. The van der Waals surface area contributed by atoms with Crippen LogP contribution in [0.2, 0.25) is 5.02 Å². The van der Waals surface area contributed by atoms with Crippen LogP contribution in [0.15, 0.2) is 23.1 Å². The highest BCUT2D eigenvalue weighted by atomic mass is 35.5. The Morgan fingerprint density at radius 3 is 2.47 bits per heavy atom. The zero-order chi connectivity index (χ0) is 13.1. The summed E-state index contributed by atoms with van der Waals surface area (Å²) in [5.74, 6) is 0. The highest BCUT2D eigenvalue weighted by Crippen LogP contribution is 2.63. The monoisotopic (exact) mass is 297 g/mol. The van der Waals surface area contributed by atoms with E-state index in [1.807, 2.05) is 0 Å². The van der Waals surface area contributed by atoms with E-state index >= 15 is 0 Å². The first-order chi connectivity index (χ1) is 7.93. The summed E-state index contributed by atoms with van der Waals surface area (Å²) in [4.78, 5) is 10.3. The smallest absolute Gasteiger partial charge is 0.304 e. The third kappa shape index (κ3) is 3.43. The maximum Gasteiger partial charge on any atom is 0.393 e. The van der Waals surface area contributed by atoms with Crippen LogP contribution in [0, 0.1) is 10.1 Å². The van der Waals surface area contributed by atoms with Crippen molar-refractivity contribution in [2.75, 3.05) is 14.2 Å². The van der Waals surface area contributed by atoms with Crippen LogP contribution in [0.3, 0.4) is 0 Å². The number of nitro groups is 1. The molecule has 1 rings (SSSR count). The first-order valence-electron chi connectivity index (χ1n) is 4.27. The molecule has 0 unspecified atom stereocenters. The van der Waals surface area contributed by atoms with Crippen molar-refractivity contribution in [3.05, 3.63) is 33.3 Å². The van der Waals surface area contributed by atoms with Crippen molar-refractivity contribution >= 4 is 35.5 Å². The van der Waals surface area contributed by atoms with E-state index in [-0.39, 0.29) is 15.6 Å². The minimum Gasteiger partial charge on any atom is -0.304 e. The Kier molecular flexibility index (Phi) is 4.97. The standard InChI is InChI=1S/C8H9ClNO5PS/c1-14-16(13,15-2)17-7-5-3-4-6(8(7)9)10(11)12/h3-5H,1-2H3. The van der Waals surface area contributed by atoms with Crippen molar-refractivity contribution in [2.45, 2.75) is 4.90 Å². The van der Waals surface area contributed by atoms with Crippen molar-refractivity contribution in [1.82, 2.24) is 0 Å². The summed E-state index contributed by atoms with van der Waals surface area (Å²) in [6, 6.07) is 4.21. The van der Waals surface area contributed by atoms with Crippen molar-refractivity contribution in [3.63, 3.8) is 0 Å². The Hall–Kier alpha value is -0.590. The number of hydrogen-bond acceptors (Lipinski definition) is 6. The SMILES string of the molecule is COP(=O)(OC)Sc1cccc([N+](=O)[O-])c1Cl. The molecule has 9 heteroatoms. The molecule has 0 spiro atoms. The number of benzene rings is 1. The van der Waals surface area contributed by atoms with E-state index in [1.54, 1.807) is 0 Å². The Balaban J connectivity index is 3.12. The van der Waals surface area contributed by atoms with Crippen LogP contribution in [-0.2, 0) is 13.6 Å². The van der Waals surface area contributed by atoms with Gasteiger partial charge in [-0.25, -0.2) is 4.57 Å². The summed E-state index contributed by atoms with van der Waals surface area (Å²) in [6.45, 7) is -3.37. The molecule has 0 fully saturated rings. The summed E-state index contributed by atoms with van der Waals surface area (Å²) in [5.41, 5.74) is -0.254. The molecule has 0 aliphatic heterocycles.